The molecule has 2 fully saturated rings. The van der Waals surface area contributed by atoms with Crippen LogP contribution < -0.4 is 10.6 Å². The minimum atomic E-state index is -0.690. The summed E-state index contributed by atoms with van der Waals surface area (Å²) in [5.74, 6) is -0.0683. The predicted molar refractivity (Wildman–Crippen MR) is 73.1 cm³/mol. The average Bonchev–Trinajstić information content (AvgIpc) is 2.99. The summed E-state index contributed by atoms with van der Waals surface area (Å²) in [6, 6.07) is 3.77. The second kappa shape index (κ2) is 4.94. The standard InChI is InChI=1S/C13H17N3O2S/c17-11-13(5-2-6-14-9-13)15-12(18)16(11)7-4-10-3-1-8-19-10/h1,3,8,14H,2,4-7,9H2,(H,15,18). The van der Waals surface area contributed by atoms with Crippen molar-refractivity contribution in [1.82, 2.24) is 15.5 Å². The quantitative estimate of drug-likeness (QED) is 0.810. The largest absolute Gasteiger partial charge is 0.325 e. The highest BCUT2D eigenvalue weighted by molar-refractivity contribution is 7.09. The number of nitrogens with zero attached hydrogens (tertiary/aromatic N) is 1. The molecule has 0 aromatic carbocycles. The zero-order valence-corrected chi connectivity index (χ0v) is 11.5. The van der Waals surface area contributed by atoms with E-state index in [1.807, 2.05) is 17.5 Å². The van der Waals surface area contributed by atoms with Crippen molar-refractivity contribution in [2.75, 3.05) is 19.6 Å². The Morgan fingerprint density at radius 1 is 1.42 bits per heavy atom. The van der Waals surface area contributed by atoms with Crippen LogP contribution in [-0.2, 0) is 11.2 Å². The number of carbonyl (C=O) groups excluding carboxylic acids is 2. The molecule has 0 bridgehead atoms. The lowest BCUT2D eigenvalue weighted by molar-refractivity contribution is -0.131. The van der Waals surface area contributed by atoms with Gasteiger partial charge in [-0.25, -0.2) is 4.79 Å². The molecule has 1 aromatic rings. The van der Waals surface area contributed by atoms with E-state index >= 15 is 0 Å². The fourth-order valence-electron chi connectivity index (χ4n) is 2.75. The molecule has 3 rings (SSSR count). The molecule has 2 saturated heterocycles. The molecule has 2 aliphatic rings. The molecule has 1 aromatic heterocycles. The van der Waals surface area contributed by atoms with Gasteiger partial charge in [0.1, 0.15) is 5.54 Å². The second-order valence-electron chi connectivity index (χ2n) is 5.08. The minimum Gasteiger partial charge on any atom is -0.322 e. The Morgan fingerprint density at radius 2 is 2.32 bits per heavy atom. The number of hydrogen-bond acceptors (Lipinski definition) is 4. The number of rotatable bonds is 3. The molecule has 2 aliphatic heterocycles. The number of carbonyl (C=O) groups is 2. The summed E-state index contributed by atoms with van der Waals surface area (Å²) in [7, 11) is 0. The van der Waals surface area contributed by atoms with Crippen LogP contribution in [0.25, 0.3) is 0 Å². The van der Waals surface area contributed by atoms with Crippen LogP contribution in [0.1, 0.15) is 17.7 Å². The molecule has 1 spiro atoms. The molecule has 102 valence electrons. The van der Waals surface area contributed by atoms with Crippen LogP contribution in [0.4, 0.5) is 4.79 Å². The number of imide groups is 1. The van der Waals surface area contributed by atoms with Gasteiger partial charge in [-0.3, -0.25) is 9.69 Å². The topological polar surface area (TPSA) is 61.4 Å². The van der Waals surface area contributed by atoms with E-state index in [4.69, 9.17) is 0 Å². The first-order valence-electron chi connectivity index (χ1n) is 6.58. The van der Waals surface area contributed by atoms with E-state index in [0.29, 0.717) is 13.1 Å². The summed E-state index contributed by atoms with van der Waals surface area (Å²) in [4.78, 5) is 27.0. The van der Waals surface area contributed by atoms with E-state index in [1.165, 1.54) is 9.78 Å². The normalized spacial score (nSPS) is 27.1. The monoisotopic (exact) mass is 279 g/mol. The first-order valence-corrected chi connectivity index (χ1v) is 7.46. The zero-order valence-electron chi connectivity index (χ0n) is 10.6. The summed E-state index contributed by atoms with van der Waals surface area (Å²) >= 11 is 1.65. The van der Waals surface area contributed by atoms with Crippen molar-refractivity contribution in [3.05, 3.63) is 22.4 Å². The fraction of sp³-hybridized carbons (Fsp3) is 0.538. The molecule has 0 saturated carbocycles. The molecule has 3 amide bonds. The van der Waals surface area contributed by atoms with Gasteiger partial charge in [0.2, 0.25) is 0 Å². The van der Waals surface area contributed by atoms with Crippen LogP contribution in [0.15, 0.2) is 17.5 Å². The smallest absolute Gasteiger partial charge is 0.322 e. The van der Waals surface area contributed by atoms with Crippen LogP contribution in [0.5, 0.6) is 0 Å². The van der Waals surface area contributed by atoms with Crippen LogP contribution in [0.3, 0.4) is 0 Å². The molecule has 6 heteroatoms. The van der Waals surface area contributed by atoms with E-state index < -0.39 is 5.54 Å². The zero-order chi connectivity index (χ0) is 13.3. The van der Waals surface area contributed by atoms with Crippen LogP contribution in [0.2, 0.25) is 0 Å². The Hall–Kier alpha value is -1.40. The van der Waals surface area contributed by atoms with Gasteiger partial charge >= 0.3 is 6.03 Å². The number of urea groups is 1. The van der Waals surface area contributed by atoms with Gasteiger partial charge in [-0.1, -0.05) is 6.07 Å². The molecule has 2 N–H and O–H groups in total. The Balaban J connectivity index is 1.68. The van der Waals surface area contributed by atoms with Crippen LogP contribution >= 0.6 is 11.3 Å². The van der Waals surface area contributed by atoms with Crippen molar-refractivity contribution >= 4 is 23.3 Å². The molecular formula is C13H17N3O2S. The van der Waals surface area contributed by atoms with Gasteiger partial charge in [-0.15, -0.1) is 11.3 Å². The van der Waals surface area contributed by atoms with Crippen molar-refractivity contribution in [3.63, 3.8) is 0 Å². The van der Waals surface area contributed by atoms with Gasteiger partial charge in [-0.05, 0) is 37.3 Å². The summed E-state index contributed by atoms with van der Waals surface area (Å²) < 4.78 is 0. The van der Waals surface area contributed by atoms with Gasteiger partial charge in [0.15, 0.2) is 0 Å². The highest BCUT2D eigenvalue weighted by atomic mass is 32.1. The summed E-state index contributed by atoms with van der Waals surface area (Å²) in [6.45, 7) is 1.93. The number of nitrogens with one attached hydrogen (secondary N) is 2. The molecule has 1 atom stereocenters. The molecular weight excluding hydrogens is 262 g/mol. The highest BCUT2D eigenvalue weighted by Gasteiger charge is 2.51. The average molecular weight is 279 g/mol. The Bertz CT molecular complexity index is 480. The number of amides is 3. The molecule has 0 aliphatic carbocycles. The maximum absolute atomic E-state index is 12.5. The molecule has 3 heterocycles. The maximum Gasteiger partial charge on any atom is 0.325 e. The number of hydrogen-bond donors (Lipinski definition) is 2. The molecule has 1 unspecified atom stereocenters. The Labute approximate surface area is 116 Å². The van der Waals surface area contributed by atoms with Gasteiger partial charge in [0, 0.05) is 18.0 Å². The summed E-state index contributed by atoms with van der Waals surface area (Å²) in [5.41, 5.74) is -0.690. The highest BCUT2D eigenvalue weighted by Crippen LogP contribution is 2.25. The van der Waals surface area contributed by atoms with Gasteiger partial charge in [0.05, 0.1) is 0 Å². The SMILES string of the molecule is O=C1NC2(CCCNC2)C(=O)N1CCc1cccs1. The van der Waals surface area contributed by atoms with E-state index in [2.05, 4.69) is 10.6 Å². The van der Waals surface area contributed by atoms with Crippen molar-refractivity contribution in [1.29, 1.82) is 0 Å². The van der Waals surface area contributed by atoms with Gasteiger partial charge < -0.3 is 10.6 Å². The maximum atomic E-state index is 12.5. The predicted octanol–water partition coefficient (Wildman–Crippen LogP) is 0.965. The third-order valence-electron chi connectivity index (χ3n) is 3.79. The first-order chi connectivity index (χ1) is 9.21. The van der Waals surface area contributed by atoms with E-state index in [9.17, 15) is 9.59 Å². The lowest BCUT2D eigenvalue weighted by Crippen LogP contribution is -2.57. The van der Waals surface area contributed by atoms with Crippen molar-refractivity contribution < 1.29 is 9.59 Å². The van der Waals surface area contributed by atoms with Crippen molar-refractivity contribution in [3.8, 4) is 0 Å². The Morgan fingerprint density at radius 3 is 3.00 bits per heavy atom. The molecule has 19 heavy (non-hydrogen) atoms. The molecule has 5 nitrogen and oxygen atoms in total. The van der Waals surface area contributed by atoms with E-state index in [-0.39, 0.29) is 11.9 Å². The van der Waals surface area contributed by atoms with Gasteiger partial charge in [-0.2, -0.15) is 0 Å². The van der Waals surface area contributed by atoms with Crippen LogP contribution in [-0.4, -0.2) is 42.0 Å². The number of piperidine rings is 1. The van der Waals surface area contributed by atoms with E-state index in [1.54, 1.807) is 11.3 Å². The first kappa shape index (κ1) is 12.6. The summed E-state index contributed by atoms with van der Waals surface area (Å²) in [6.07, 6.45) is 2.39. The van der Waals surface area contributed by atoms with Crippen molar-refractivity contribution in [2.45, 2.75) is 24.8 Å². The lowest BCUT2D eigenvalue weighted by atomic mass is 9.90. The summed E-state index contributed by atoms with van der Waals surface area (Å²) in [5, 5.41) is 8.08. The van der Waals surface area contributed by atoms with Gasteiger partial charge in [0.25, 0.3) is 5.91 Å². The second-order valence-corrected chi connectivity index (χ2v) is 6.11. The van der Waals surface area contributed by atoms with Crippen LogP contribution in [0, 0.1) is 0 Å². The number of thiophene rings is 1. The van der Waals surface area contributed by atoms with E-state index in [0.717, 1.165) is 25.8 Å². The molecule has 0 radical (unpaired) electrons. The third kappa shape index (κ3) is 2.26. The fourth-order valence-corrected chi connectivity index (χ4v) is 3.45. The van der Waals surface area contributed by atoms with Crippen molar-refractivity contribution in [2.24, 2.45) is 0 Å². The Kier molecular flexibility index (Phi) is 3.28. The lowest BCUT2D eigenvalue weighted by Gasteiger charge is -2.31. The third-order valence-corrected chi connectivity index (χ3v) is 4.73. The minimum absolute atomic E-state index is 0.0683.